The lowest BCUT2D eigenvalue weighted by Crippen LogP contribution is -2.32. The molecule has 0 aromatic carbocycles. The molecule has 3 N–H and O–H groups in total. The Morgan fingerprint density at radius 1 is 1.33 bits per heavy atom. The molecule has 0 bridgehead atoms. The van der Waals surface area contributed by atoms with E-state index < -0.39 is 0 Å². The first-order chi connectivity index (χ1) is 6.91. The summed E-state index contributed by atoms with van der Waals surface area (Å²) in [6, 6.07) is 0. The molecular weight excluding hydrogens is 186 g/mol. The third-order valence-corrected chi connectivity index (χ3v) is 3.84. The van der Waals surface area contributed by atoms with Crippen molar-refractivity contribution >= 4 is 5.84 Å². The maximum atomic E-state index is 7.40. The van der Waals surface area contributed by atoms with Gasteiger partial charge in [0.05, 0.1) is 5.84 Å². The van der Waals surface area contributed by atoms with Crippen molar-refractivity contribution in [2.75, 3.05) is 19.6 Å². The van der Waals surface area contributed by atoms with Gasteiger partial charge in [-0.25, -0.2) is 0 Å². The molecule has 0 aromatic heterocycles. The van der Waals surface area contributed by atoms with Crippen LogP contribution in [0.2, 0.25) is 0 Å². The van der Waals surface area contributed by atoms with Crippen LogP contribution in [0.3, 0.4) is 0 Å². The Bertz CT molecular complexity index is 266. The van der Waals surface area contributed by atoms with E-state index in [4.69, 9.17) is 11.1 Å². The molecule has 1 aliphatic heterocycles. The van der Waals surface area contributed by atoms with Gasteiger partial charge in [-0.15, -0.1) is 0 Å². The molecule has 0 amide bonds. The van der Waals surface area contributed by atoms with Crippen LogP contribution in [-0.4, -0.2) is 30.4 Å². The van der Waals surface area contributed by atoms with Gasteiger partial charge >= 0.3 is 0 Å². The van der Waals surface area contributed by atoms with Gasteiger partial charge in [0.1, 0.15) is 0 Å². The standard InChI is InChI=1S/C12H23N3/c1-11(2)5-6-15(8-11)9-12(3-4-12)7-10(13)14/h3-9H2,1-2H3,(H3,13,14). The van der Waals surface area contributed by atoms with Crippen molar-refractivity contribution in [2.45, 2.75) is 39.5 Å². The molecule has 0 aromatic rings. The molecule has 2 rings (SSSR count). The van der Waals surface area contributed by atoms with Crippen molar-refractivity contribution in [1.82, 2.24) is 4.90 Å². The first-order valence-corrected chi connectivity index (χ1v) is 5.96. The lowest BCUT2D eigenvalue weighted by atomic mass is 9.93. The van der Waals surface area contributed by atoms with Crippen LogP contribution in [0.1, 0.15) is 39.5 Å². The van der Waals surface area contributed by atoms with E-state index in [0.29, 0.717) is 16.7 Å². The maximum Gasteiger partial charge on any atom is 0.0911 e. The van der Waals surface area contributed by atoms with Gasteiger partial charge in [0, 0.05) is 19.5 Å². The van der Waals surface area contributed by atoms with Crippen molar-refractivity contribution in [3.8, 4) is 0 Å². The van der Waals surface area contributed by atoms with E-state index in [0.717, 1.165) is 13.0 Å². The first-order valence-electron chi connectivity index (χ1n) is 5.96. The van der Waals surface area contributed by atoms with Crippen LogP contribution in [0.5, 0.6) is 0 Å². The van der Waals surface area contributed by atoms with Gasteiger partial charge in [-0.3, -0.25) is 5.41 Å². The summed E-state index contributed by atoms with van der Waals surface area (Å²) in [4.78, 5) is 2.57. The second kappa shape index (κ2) is 3.48. The minimum Gasteiger partial charge on any atom is -0.388 e. The number of likely N-dealkylation sites (tertiary alicyclic amines) is 1. The van der Waals surface area contributed by atoms with E-state index in [1.165, 1.54) is 32.4 Å². The zero-order chi connectivity index (χ0) is 11.1. The SMILES string of the molecule is CC1(C)CCN(CC2(CC(=N)N)CC2)C1. The zero-order valence-corrected chi connectivity index (χ0v) is 9.97. The second-order valence-corrected chi connectivity index (χ2v) is 6.33. The summed E-state index contributed by atoms with van der Waals surface area (Å²) in [5.74, 6) is 0.367. The molecule has 0 atom stereocenters. The Labute approximate surface area is 92.5 Å². The number of nitrogens with zero attached hydrogens (tertiary/aromatic N) is 1. The number of hydrogen-bond acceptors (Lipinski definition) is 2. The van der Waals surface area contributed by atoms with Crippen molar-refractivity contribution in [2.24, 2.45) is 16.6 Å². The predicted octanol–water partition coefficient (Wildman–Crippen LogP) is 1.82. The van der Waals surface area contributed by atoms with E-state index in [2.05, 4.69) is 18.7 Å². The van der Waals surface area contributed by atoms with Gasteiger partial charge < -0.3 is 10.6 Å². The fourth-order valence-electron chi connectivity index (χ4n) is 2.81. The molecule has 15 heavy (non-hydrogen) atoms. The van der Waals surface area contributed by atoms with Crippen LogP contribution in [0.4, 0.5) is 0 Å². The fraction of sp³-hybridized carbons (Fsp3) is 0.917. The summed E-state index contributed by atoms with van der Waals surface area (Å²) in [7, 11) is 0. The van der Waals surface area contributed by atoms with Crippen LogP contribution in [0.25, 0.3) is 0 Å². The van der Waals surface area contributed by atoms with Crippen LogP contribution >= 0.6 is 0 Å². The molecule has 1 heterocycles. The van der Waals surface area contributed by atoms with Crippen LogP contribution in [-0.2, 0) is 0 Å². The Morgan fingerprint density at radius 2 is 2.00 bits per heavy atom. The molecule has 0 radical (unpaired) electrons. The van der Waals surface area contributed by atoms with Crippen molar-refractivity contribution in [3.05, 3.63) is 0 Å². The highest BCUT2D eigenvalue weighted by Gasteiger charge is 2.45. The number of nitrogens with one attached hydrogen (secondary N) is 1. The van der Waals surface area contributed by atoms with Gasteiger partial charge in [0.15, 0.2) is 0 Å². The van der Waals surface area contributed by atoms with E-state index >= 15 is 0 Å². The van der Waals surface area contributed by atoms with Crippen molar-refractivity contribution < 1.29 is 0 Å². The zero-order valence-electron chi connectivity index (χ0n) is 9.97. The summed E-state index contributed by atoms with van der Waals surface area (Å²) >= 11 is 0. The first kappa shape index (κ1) is 10.9. The molecule has 86 valence electrons. The minimum atomic E-state index is 0.367. The summed E-state index contributed by atoms with van der Waals surface area (Å²) in [6.07, 6.45) is 4.65. The summed E-state index contributed by atoms with van der Waals surface area (Å²) < 4.78 is 0. The highest BCUT2D eigenvalue weighted by Crippen LogP contribution is 2.50. The summed E-state index contributed by atoms with van der Waals surface area (Å²) in [6.45, 7) is 8.30. The van der Waals surface area contributed by atoms with Crippen LogP contribution in [0.15, 0.2) is 0 Å². The van der Waals surface area contributed by atoms with Gasteiger partial charge in [-0.05, 0) is 36.6 Å². The fourth-order valence-corrected chi connectivity index (χ4v) is 2.81. The molecule has 0 spiro atoms. The molecule has 2 fully saturated rings. The van der Waals surface area contributed by atoms with Crippen LogP contribution < -0.4 is 5.73 Å². The van der Waals surface area contributed by atoms with E-state index in [9.17, 15) is 0 Å². The molecule has 1 saturated carbocycles. The normalized spacial score (nSPS) is 27.9. The molecular formula is C12H23N3. The van der Waals surface area contributed by atoms with E-state index in [1.54, 1.807) is 0 Å². The molecule has 1 saturated heterocycles. The topological polar surface area (TPSA) is 53.1 Å². The summed E-state index contributed by atoms with van der Waals surface area (Å²) in [5.41, 5.74) is 6.38. The van der Waals surface area contributed by atoms with Gasteiger partial charge in [0.2, 0.25) is 0 Å². The second-order valence-electron chi connectivity index (χ2n) is 6.33. The number of rotatable bonds is 4. The molecule has 0 unspecified atom stereocenters. The highest BCUT2D eigenvalue weighted by molar-refractivity contribution is 5.78. The largest absolute Gasteiger partial charge is 0.388 e. The Kier molecular flexibility index (Phi) is 2.53. The Morgan fingerprint density at radius 3 is 2.40 bits per heavy atom. The Balaban J connectivity index is 1.85. The Hall–Kier alpha value is -0.570. The number of hydrogen-bond donors (Lipinski definition) is 2. The van der Waals surface area contributed by atoms with E-state index in [1.807, 2.05) is 0 Å². The average Bonchev–Trinajstić information content (AvgIpc) is 2.70. The summed E-state index contributed by atoms with van der Waals surface area (Å²) in [5, 5.41) is 7.40. The predicted molar refractivity (Wildman–Crippen MR) is 63.0 cm³/mol. The molecule has 3 heteroatoms. The quantitative estimate of drug-likeness (QED) is 0.548. The lowest BCUT2D eigenvalue weighted by molar-refractivity contribution is 0.241. The third kappa shape index (κ3) is 2.71. The number of amidine groups is 1. The highest BCUT2D eigenvalue weighted by atomic mass is 15.2. The van der Waals surface area contributed by atoms with E-state index in [-0.39, 0.29) is 0 Å². The minimum absolute atomic E-state index is 0.367. The molecule has 2 aliphatic rings. The van der Waals surface area contributed by atoms with Crippen molar-refractivity contribution in [1.29, 1.82) is 5.41 Å². The van der Waals surface area contributed by atoms with Gasteiger partial charge in [-0.2, -0.15) is 0 Å². The molecule has 3 nitrogen and oxygen atoms in total. The number of nitrogens with two attached hydrogens (primary N) is 1. The molecule has 1 aliphatic carbocycles. The average molecular weight is 209 g/mol. The monoisotopic (exact) mass is 209 g/mol. The maximum absolute atomic E-state index is 7.40. The van der Waals surface area contributed by atoms with Gasteiger partial charge in [0.25, 0.3) is 0 Å². The van der Waals surface area contributed by atoms with Crippen molar-refractivity contribution in [3.63, 3.8) is 0 Å². The third-order valence-electron chi connectivity index (χ3n) is 3.84. The lowest BCUT2D eigenvalue weighted by Gasteiger charge is -2.24. The smallest absolute Gasteiger partial charge is 0.0911 e. The van der Waals surface area contributed by atoms with Crippen LogP contribution in [0, 0.1) is 16.2 Å². The van der Waals surface area contributed by atoms with Gasteiger partial charge in [-0.1, -0.05) is 13.8 Å².